The number of amides is 3. The molecule has 31 heavy (non-hydrogen) atoms. The molecule has 3 rings (SSSR count). The number of nitrogens with one attached hydrogen (secondary N) is 3. The quantitative estimate of drug-likeness (QED) is 0.580. The van der Waals surface area contributed by atoms with Gasteiger partial charge < -0.3 is 25.1 Å². The van der Waals surface area contributed by atoms with Crippen LogP contribution in [0.25, 0.3) is 0 Å². The summed E-state index contributed by atoms with van der Waals surface area (Å²) in [4.78, 5) is 27.0. The van der Waals surface area contributed by atoms with Gasteiger partial charge in [-0.05, 0) is 17.7 Å². The third-order valence-electron chi connectivity index (χ3n) is 3.95. The van der Waals surface area contributed by atoms with E-state index in [-0.39, 0.29) is 12.1 Å². The van der Waals surface area contributed by atoms with Crippen LogP contribution in [0.1, 0.15) is 23.2 Å². The van der Waals surface area contributed by atoms with Crippen LogP contribution in [0.15, 0.2) is 28.9 Å². The van der Waals surface area contributed by atoms with E-state index in [2.05, 4.69) is 30.1 Å². The number of hydrogen-bond acceptors (Lipinski definition) is 5. The van der Waals surface area contributed by atoms with Gasteiger partial charge in [0.2, 0.25) is 5.91 Å². The Hall–Kier alpha value is -3.16. The second-order valence-electron chi connectivity index (χ2n) is 6.16. The number of urea groups is 1. The first-order valence-corrected chi connectivity index (χ1v) is 8.64. The molecule has 0 spiro atoms. The first-order valence-electron chi connectivity index (χ1n) is 8.26. The highest BCUT2D eigenvalue weighted by Gasteiger charge is 2.39. The van der Waals surface area contributed by atoms with Crippen LogP contribution in [0.3, 0.4) is 0 Å². The molecule has 0 saturated carbocycles. The van der Waals surface area contributed by atoms with Crippen molar-refractivity contribution in [2.24, 2.45) is 0 Å². The van der Waals surface area contributed by atoms with Gasteiger partial charge in [-0.15, -0.1) is 13.2 Å². The lowest BCUT2D eigenvalue weighted by molar-refractivity contribution is -0.274. The van der Waals surface area contributed by atoms with Gasteiger partial charge in [-0.25, -0.2) is 9.78 Å². The minimum Gasteiger partial charge on any atom is -0.441 e. The molecule has 15 heteroatoms. The van der Waals surface area contributed by atoms with E-state index in [9.17, 15) is 35.9 Å². The third kappa shape index (κ3) is 5.51. The average Bonchev–Trinajstić information content (AvgIpc) is 3.29. The zero-order valence-corrected chi connectivity index (χ0v) is 15.7. The van der Waals surface area contributed by atoms with E-state index in [1.165, 1.54) is 0 Å². The molecule has 8 nitrogen and oxygen atoms in total. The SMILES string of the molecule is O=C1NC[C@@H](C(=O)NC(c2ccc(OC(F)(F)F)c(Cl)c2)c2coc(C(F)(F)F)n2)N1. The van der Waals surface area contributed by atoms with E-state index in [1.54, 1.807) is 0 Å². The van der Waals surface area contributed by atoms with E-state index in [4.69, 9.17) is 11.6 Å². The van der Waals surface area contributed by atoms with Crippen molar-refractivity contribution >= 4 is 23.5 Å². The van der Waals surface area contributed by atoms with E-state index in [1.807, 2.05) is 0 Å². The van der Waals surface area contributed by atoms with Crippen molar-refractivity contribution in [3.05, 3.63) is 46.6 Å². The lowest BCUT2D eigenvalue weighted by Crippen LogP contribution is -2.44. The lowest BCUT2D eigenvalue weighted by atomic mass is 10.0. The summed E-state index contributed by atoms with van der Waals surface area (Å²) in [5.74, 6) is -3.15. The van der Waals surface area contributed by atoms with Crippen molar-refractivity contribution in [1.82, 2.24) is 20.9 Å². The topological polar surface area (TPSA) is 105 Å². The second-order valence-corrected chi connectivity index (χ2v) is 6.57. The van der Waals surface area contributed by atoms with Crippen LogP contribution < -0.4 is 20.7 Å². The van der Waals surface area contributed by atoms with Crippen LogP contribution >= 0.6 is 11.6 Å². The van der Waals surface area contributed by atoms with Crippen LogP contribution in [0.2, 0.25) is 5.02 Å². The smallest absolute Gasteiger partial charge is 0.441 e. The number of nitrogens with zero attached hydrogens (tertiary/aromatic N) is 1. The molecule has 2 aromatic rings. The number of aromatic nitrogens is 1. The van der Waals surface area contributed by atoms with E-state index >= 15 is 0 Å². The number of alkyl halides is 6. The number of carbonyl (C=O) groups is 2. The molecule has 168 valence electrons. The highest BCUT2D eigenvalue weighted by Crippen LogP contribution is 2.35. The number of oxazole rings is 1. The van der Waals surface area contributed by atoms with Gasteiger partial charge in [-0.3, -0.25) is 4.79 Å². The number of ether oxygens (including phenoxy) is 1. The van der Waals surface area contributed by atoms with Crippen molar-refractivity contribution in [3.8, 4) is 5.75 Å². The zero-order valence-electron chi connectivity index (χ0n) is 14.9. The Labute approximate surface area is 173 Å². The summed E-state index contributed by atoms with van der Waals surface area (Å²) >= 11 is 5.80. The molecule has 0 radical (unpaired) electrons. The molecule has 0 bridgehead atoms. The Bertz CT molecular complexity index is 993. The van der Waals surface area contributed by atoms with Gasteiger partial charge >= 0.3 is 24.5 Å². The van der Waals surface area contributed by atoms with Crippen LogP contribution in [-0.4, -0.2) is 35.9 Å². The lowest BCUT2D eigenvalue weighted by Gasteiger charge is -2.20. The molecule has 1 fully saturated rings. The molecule has 3 amide bonds. The Morgan fingerprint density at radius 2 is 2.00 bits per heavy atom. The summed E-state index contributed by atoms with van der Waals surface area (Å²) in [7, 11) is 0. The first kappa shape index (κ1) is 22.5. The summed E-state index contributed by atoms with van der Waals surface area (Å²) in [6.45, 7) is -0.0941. The van der Waals surface area contributed by atoms with E-state index in [0.717, 1.165) is 18.2 Å². The number of halogens is 7. The van der Waals surface area contributed by atoms with Gasteiger partial charge in [-0.1, -0.05) is 17.7 Å². The number of carbonyl (C=O) groups excluding carboxylic acids is 2. The van der Waals surface area contributed by atoms with Gasteiger partial charge in [0.25, 0.3) is 0 Å². The maximum Gasteiger partial charge on any atom is 0.573 e. The van der Waals surface area contributed by atoms with Crippen molar-refractivity contribution in [2.75, 3.05) is 6.54 Å². The fraction of sp³-hybridized carbons (Fsp3) is 0.312. The minimum atomic E-state index is -5.03. The second kappa shape index (κ2) is 8.17. The highest BCUT2D eigenvalue weighted by atomic mass is 35.5. The largest absolute Gasteiger partial charge is 0.573 e. The van der Waals surface area contributed by atoms with Crippen LogP contribution in [0, 0.1) is 0 Å². The number of benzene rings is 1. The van der Waals surface area contributed by atoms with Gasteiger partial charge in [0.05, 0.1) is 11.1 Å². The van der Waals surface area contributed by atoms with Crippen LogP contribution in [0.4, 0.5) is 31.1 Å². The Kier molecular flexibility index (Phi) is 5.93. The minimum absolute atomic E-state index is 0.0211. The first-order chi connectivity index (χ1) is 14.3. The van der Waals surface area contributed by atoms with Crippen LogP contribution in [0.5, 0.6) is 5.75 Å². The standard InChI is InChI=1S/C16H11ClF6N4O4/c17-7-3-6(1-2-10(7)31-16(21,22)23)11(9-5-30-13(25-9)15(18,19)20)27-12(28)8-4-24-14(29)26-8/h1-3,5,8,11H,4H2,(H,27,28)(H2,24,26,29)/t8-,11?/m0/s1. The van der Waals surface area contributed by atoms with Crippen molar-refractivity contribution in [3.63, 3.8) is 0 Å². The molecule has 0 aliphatic carbocycles. The molecular formula is C16H11ClF6N4O4. The molecule has 3 N–H and O–H groups in total. The van der Waals surface area contributed by atoms with E-state index in [0.29, 0.717) is 6.26 Å². The van der Waals surface area contributed by atoms with Gasteiger partial charge in [0.1, 0.15) is 23.7 Å². The molecule has 1 unspecified atom stereocenters. The Morgan fingerprint density at radius 3 is 2.52 bits per heavy atom. The summed E-state index contributed by atoms with van der Waals surface area (Å²) in [6.07, 6.45) is -9.31. The normalized spacial score (nSPS) is 17.6. The molecule has 2 atom stereocenters. The molecule has 1 aliphatic rings. The van der Waals surface area contributed by atoms with Crippen LogP contribution in [-0.2, 0) is 11.0 Å². The predicted octanol–water partition coefficient (Wildman–Crippen LogP) is 3.13. The predicted molar refractivity (Wildman–Crippen MR) is 89.9 cm³/mol. The third-order valence-corrected chi connectivity index (χ3v) is 4.25. The Balaban J connectivity index is 1.93. The summed E-state index contributed by atoms with van der Waals surface area (Å²) in [5, 5.41) is 6.45. The number of hydrogen-bond donors (Lipinski definition) is 3. The maximum absolute atomic E-state index is 12.8. The fourth-order valence-electron chi connectivity index (χ4n) is 2.64. The summed E-state index contributed by atoms with van der Waals surface area (Å²) < 4.78 is 84.0. The number of rotatable bonds is 5. The van der Waals surface area contributed by atoms with Gasteiger partial charge in [0.15, 0.2) is 0 Å². The molecule has 1 aromatic heterocycles. The van der Waals surface area contributed by atoms with Gasteiger partial charge in [0, 0.05) is 6.54 Å². The monoisotopic (exact) mass is 472 g/mol. The molecule has 1 aromatic carbocycles. The van der Waals surface area contributed by atoms with Crippen molar-refractivity contribution < 1.29 is 45.1 Å². The average molecular weight is 473 g/mol. The Morgan fingerprint density at radius 1 is 1.29 bits per heavy atom. The fourth-order valence-corrected chi connectivity index (χ4v) is 2.86. The zero-order chi connectivity index (χ0) is 23.0. The summed E-state index contributed by atoms with van der Waals surface area (Å²) in [6, 6.07) is -0.246. The highest BCUT2D eigenvalue weighted by molar-refractivity contribution is 6.32. The van der Waals surface area contributed by atoms with Gasteiger partial charge in [-0.2, -0.15) is 13.2 Å². The maximum atomic E-state index is 12.8. The van der Waals surface area contributed by atoms with Crippen molar-refractivity contribution in [2.45, 2.75) is 24.6 Å². The molecular weight excluding hydrogens is 462 g/mol. The molecule has 1 aliphatic heterocycles. The molecule has 1 saturated heterocycles. The molecule has 2 heterocycles. The summed E-state index contributed by atoms with van der Waals surface area (Å²) in [5.41, 5.74) is -0.425. The van der Waals surface area contributed by atoms with E-state index < -0.39 is 58.9 Å². The van der Waals surface area contributed by atoms with Crippen molar-refractivity contribution in [1.29, 1.82) is 0 Å².